The Morgan fingerprint density at radius 1 is 1.33 bits per heavy atom. The van der Waals surface area contributed by atoms with Gasteiger partial charge in [-0.3, -0.25) is 4.79 Å². The third kappa shape index (κ3) is 4.94. The lowest BCUT2D eigenvalue weighted by molar-refractivity contribution is -0.125. The highest BCUT2D eigenvalue weighted by atomic mass is 16.2. The maximum absolute atomic E-state index is 11.1. The summed E-state index contributed by atoms with van der Waals surface area (Å²) in [6.07, 6.45) is 0.739. The molecule has 0 rings (SSSR count). The second-order valence-electron chi connectivity index (χ2n) is 2.28. The van der Waals surface area contributed by atoms with Crippen LogP contribution < -0.4 is 0 Å². The van der Waals surface area contributed by atoms with Gasteiger partial charge in [-0.15, -0.1) is 0 Å². The third-order valence-corrected chi connectivity index (χ3v) is 1.55. The first-order valence-corrected chi connectivity index (χ1v) is 4.56. The highest BCUT2D eigenvalue weighted by Gasteiger charge is 2.07. The summed E-state index contributed by atoms with van der Waals surface area (Å²) in [5, 5.41) is 0. The van der Waals surface area contributed by atoms with Crippen LogP contribution in [0.3, 0.4) is 0 Å². The number of hydrogen-bond acceptors (Lipinski definition) is 1. The highest BCUT2D eigenvalue weighted by molar-refractivity contribution is 5.92. The molecule has 0 radical (unpaired) electrons. The zero-order valence-corrected chi connectivity index (χ0v) is 8.98. The van der Waals surface area contributed by atoms with Crippen LogP contribution in [0, 0.1) is 0 Å². The second-order valence-corrected chi connectivity index (χ2v) is 2.28. The Morgan fingerprint density at radius 2 is 1.75 bits per heavy atom. The quantitative estimate of drug-likeness (QED) is 0.597. The van der Waals surface area contributed by atoms with Crippen molar-refractivity contribution in [2.45, 2.75) is 34.1 Å². The Kier molecular flexibility index (Phi) is 9.54. The predicted octanol–water partition coefficient (Wildman–Crippen LogP) is 2.46. The summed E-state index contributed by atoms with van der Waals surface area (Å²) < 4.78 is 0. The second kappa shape index (κ2) is 8.31. The number of hydrogen-bond donors (Lipinski definition) is 0. The van der Waals surface area contributed by atoms with Gasteiger partial charge in [-0.1, -0.05) is 27.4 Å². The van der Waals surface area contributed by atoms with Crippen molar-refractivity contribution >= 4 is 5.91 Å². The van der Waals surface area contributed by atoms with Crippen LogP contribution in [0.1, 0.15) is 34.1 Å². The van der Waals surface area contributed by atoms with Gasteiger partial charge < -0.3 is 4.90 Å². The summed E-state index contributed by atoms with van der Waals surface area (Å²) in [6.45, 7) is 12.3. The van der Waals surface area contributed by atoms with E-state index in [1.165, 1.54) is 0 Å². The molecular formula is C10H21NO. The maximum Gasteiger partial charge on any atom is 0.248 e. The minimum atomic E-state index is 0.0602. The predicted molar refractivity (Wildman–Crippen MR) is 54.1 cm³/mol. The number of nitrogens with zero attached hydrogens (tertiary/aromatic N) is 1. The summed E-state index contributed by atoms with van der Waals surface area (Å²) in [6, 6.07) is 0. The molecule has 2 heteroatoms. The number of likely N-dealkylation sites (N-methyl/N-ethyl adjacent to an activating group) is 1. The first-order chi connectivity index (χ1) is 5.63. The number of amides is 1. The van der Waals surface area contributed by atoms with Crippen LogP contribution in [0.25, 0.3) is 0 Å². The van der Waals surface area contributed by atoms with Gasteiger partial charge in [0.15, 0.2) is 0 Å². The van der Waals surface area contributed by atoms with Crippen LogP contribution in [0.4, 0.5) is 0 Å². The number of carbonyl (C=O) groups is 1. The highest BCUT2D eigenvalue weighted by Crippen LogP contribution is 2.00. The van der Waals surface area contributed by atoms with E-state index in [4.69, 9.17) is 0 Å². The molecule has 0 N–H and O–H groups in total. The molecule has 0 fully saturated rings. The van der Waals surface area contributed by atoms with Crippen molar-refractivity contribution in [1.82, 2.24) is 4.90 Å². The molecule has 2 nitrogen and oxygen atoms in total. The molecule has 0 bridgehead atoms. The molecule has 1 amide bonds. The molecule has 72 valence electrons. The maximum atomic E-state index is 11.1. The summed E-state index contributed by atoms with van der Waals surface area (Å²) in [4.78, 5) is 12.8. The van der Waals surface area contributed by atoms with Crippen LogP contribution in [-0.2, 0) is 4.79 Å². The molecule has 0 atom stereocenters. The van der Waals surface area contributed by atoms with Crippen molar-refractivity contribution in [2.24, 2.45) is 0 Å². The molecular weight excluding hydrogens is 150 g/mol. The average Bonchev–Trinajstić information content (AvgIpc) is 2.17. The van der Waals surface area contributed by atoms with Crippen LogP contribution in [0.15, 0.2) is 12.2 Å². The van der Waals surface area contributed by atoms with Gasteiger partial charge in [-0.2, -0.15) is 0 Å². The molecule has 0 spiro atoms. The van der Waals surface area contributed by atoms with E-state index >= 15 is 0 Å². The lowest BCUT2D eigenvalue weighted by atomic mass is 10.2. The van der Waals surface area contributed by atoms with E-state index < -0.39 is 0 Å². The lowest BCUT2D eigenvalue weighted by Gasteiger charge is -2.14. The Morgan fingerprint density at radius 3 is 2.00 bits per heavy atom. The van der Waals surface area contributed by atoms with Crippen molar-refractivity contribution < 1.29 is 4.79 Å². The van der Waals surface area contributed by atoms with Gasteiger partial charge in [0.25, 0.3) is 0 Å². The molecule has 0 aliphatic carbocycles. The molecule has 0 aliphatic heterocycles. The van der Waals surface area contributed by atoms with Crippen molar-refractivity contribution in [1.29, 1.82) is 0 Å². The number of carbonyl (C=O) groups excluding carboxylic acids is 1. The van der Waals surface area contributed by atoms with Crippen LogP contribution in [-0.4, -0.2) is 24.4 Å². The molecule has 0 aromatic carbocycles. The summed E-state index contributed by atoms with van der Waals surface area (Å²) in [5.41, 5.74) is 0.685. The standard InChI is InChI=1S/C8H15NO.C2H6/c1-5-7(3)8(10)9(4)6-2;1-2/h3,5-6H2,1-2,4H3;1-2H3. The smallest absolute Gasteiger partial charge is 0.248 e. The van der Waals surface area contributed by atoms with Gasteiger partial charge in [0.1, 0.15) is 0 Å². The number of rotatable bonds is 3. The normalized spacial score (nSPS) is 8.08. The third-order valence-electron chi connectivity index (χ3n) is 1.55. The lowest BCUT2D eigenvalue weighted by Crippen LogP contribution is -2.27. The fourth-order valence-electron chi connectivity index (χ4n) is 0.565. The molecule has 0 saturated carbocycles. The Labute approximate surface area is 76.3 Å². The fourth-order valence-corrected chi connectivity index (χ4v) is 0.565. The molecule has 12 heavy (non-hydrogen) atoms. The van der Waals surface area contributed by atoms with E-state index in [2.05, 4.69) is 6.58 Å². The Hall–Kier alpha value is -0.790. The van der Waals surface area contributed by atoms with Crippen LogP contribution >= 0.6 is 0 Å². The van der Waals surface area contributed by atoms with Gasteiger partial charge in [-0.25, -0.2) is 0 Å². The van der Waals surface area contributed by atoms with E-state index in [-0.39, 0.29) is 5.91 Å². The van der Waals surface area contributed by atoms with Gasteiger partial charge in [-0.05, 0) is 13.3 Å². The largest absolute Gasteiger partial charge is 0.342 e. The average molecular weight is 171 g/mol. The molecule has 0 aliphatic rings. The summed E-state index contributed by atoms with van der Waals surface area (Å²) >= 11 is 0. The van der Waals surface area contributed by atoms with E-state index in [1.54, 1.807) is 11.9 Å². The van der Waals surface area contributed by atoms with Crippen LogP contribution in [0.5, 0.6) is 0 Å². The molecule has 0 unspecified atom stereocenters. The Balaban J connectivity index is 0. The fraction of sp³-hybridized carbons (Fsp3) is 0.700. The summed E-state index contributed by atoms with van der Waals surface area (Å²) in [7, 11) is 1.78. The van der Waals surface area contributed by atoms with Crippen molar-refractivity contribution in [3.63, 3.8) is 0 Å². The van der Waals surface area contributed by atoms with Crippen molar-refractivity contribution in [2.75, 3.05) is 13.6 Å². The first-order valence-electron chi connectivity index (χ1n) is 4.56. The zero-order valence-electron chi connectivity index (χ0n) is 8.98. The zero-order chi connectivity index (χ0) is 10.1. The van der Waals surface area contributed by atoms with E-state index in [1.807, 2.05) is 27.7 Å². The van der Waals surface area contributed by atoms with Crippen LogP contribution in [0.2, 0.25) is 0 Å². The minimum Gasteiger partial charge on any atom is -0.342 e. The molecule has 0 saturated heterocycles. The Bertz CT molecular complexity index is 141. The topological polar surface area (TPSA) is 20.3 Å². The van der Waals surface area contributed by atoms with E-state index in [9.17, 15) is 4.79 Å². The summed E-state index contributed by atoms with van der Waals surface area (Å²) in [5.74, 6) is 0.0602. The van der Waals surface area contributed by atoms with E-state index in [0.29, 0.717) is 5.57 Å². The monoisotopic (exact) mass is 171 g/mol. The van der Waals surface area contributed by atoms with Gasteiger partial charge in [0.2, 0.25) is 5.91 Å². The molecule has 0 aromatic rings. The van der Waals surface area contributed by atoms with Gasteiger partial charge in [0.05, 0.1) is 0 Å². The van der Waals surface area contributed by atoms with E-state index in [0.717, 1.165) is 13.0 Å². The first kappa shape index (κ1) is 13.8. The van der Waals surface area contributed by atoms with Crippen molar-refractivity contribution in [3.8, 4) is 0 Å². The molecule has 0 aromatic heterocycles. The SMILES string of the molecule is C=C(CC)C(=O)N(C)CC.CC. The van der Waals surface area contributed by atoms with Gasteiger partial charge >= 0.3 is 0 Å². The molecule has 0 heterocycles. The van der Waals surface area contributed by atoms with Crippen molar-refractivity contribution in [3.05, 3.63) is 12.2 Å². The minimum absolute atomic E-state index is 0.0602. The van der Waals surface area contributed by atoms with Gasteiger partial charge in [0, 0.05) is 19.2 Å².